The van der Waals surface area contributed by atoms with Crippen molar-refractivity contribution < 1.29 is 15.0 Å². The zero-order valence-electron chi connectivity index (χ0n) is 15.6. The first-order valence-electron chi connectivity index (χ1n) is 8.87. The van der Waals surface area contributed by atoms with Gasteiger partial charge in [0.25, 0.3) is 5.91 Å². The molecule has 28 heavy (non-hydrogen) atoms. The Hall–Kier alpha value is -2.81. The van der Waals surface area contributed by atoms with E-state index in [0.29, 0.717) is 16.5 Å². The van der Waals surface area contributed by atoms with E-state index in [1.54, 1.807) is 32.2 Å². The summed E-state index contributed by atoms with van der Waals surface area (Å²) in [7, 11) is 0. The maximum atomic E-state index is 12.1. The van der Waals surface area contributed by atoms with E-state index in [1.807, 2.05) is 30.3 Å². The van der Waals surface area contributed by atoms with Crippen LogP contribution in [0.25, 0.3) is 10.6 Å². The molecule has 0 saturated carbocycles. The molecule has 0 aliphatic rings. The summed E-state index contributed by atoms with van der Waals surface area (Å²) >= 11 is 1.32. The van der Waals surface area contributed by atoms with E-state index in [-0.39, 0.29) is 12.5 Å². The highest BCUT2D eigenvalue weighted by atomic mass is 32.1. The monoisotopic (exact) mass is 398 g/mol. The van der Waals surface area contributed by atoms with Crippen molar-refractivity contribution in [3.8, 4) is 10.6 Å². The number of carbonyl (C=O) groups excluding carboxylic acids is 1. The maximum absolute atomic E-state index is 12.1. The fourth-order valence-electron chi connectivity index (χ4n) is 2.49. The minimum atomic E-state index is -0.591. The Morgan fingerprint density at radius 2 is 2.00 bits per heavy atom. The standard InChI is InChI=1S/C20H22N4O3S/c1-12(25)11-22-19(27)18-7-6-17(28-18)16-8-9-21-20(24-16)23-15-5-3-4-14(10-15)13(2)26/h3-10,12-13,25-26H,11H2,1-2H3,(H,22,27)(H,21,23,24). The Morgan fingerprint density at radius 3 is 2.75 bits per heavy atom. The minimum absolute atomic E-state index is 0.208. The Kier molecular flexibility index (Phi) is 6.35. The van der Waals surface area contributed by atoms with Crippen LogP contribution in [0.15, 0.2) is 48.7 Å². The van der Waals surface area contributed by atoms with Crippen LogP contribution in [0, 0.1) is 0 Å². The number of hydrogen-bond donors (Lipinski definition) is 4. The second kappa shape index (κ2) is 8.92. The summed E-state index contributed by atoms with van der Waals surface area (Å²) in [6, 6.07) is 12.8. The van der Waals surface area contributed by atoms with Gasteiger partial charge in [-0.25, -0.2) is 9.97 Å². The molecule has 0 saturated heterocycles. The molecule has 0 radical (unpaired) electrons. The van der Waals surface area contributed by atoms with E-state index in [9.17, 15) is 15.0 Å². The van der Waals surface area contributed by atoms with Crippen molar-refractivity contribution in [2.75, 3.05) is 11.9 Å². The highest BCUT2D eigenvalue weighted by Crippen LogP contribution is 2.27. The average molecular weight is 398 g/mol. The summed E-state index contributed by atoms with van der Waals surface area (Å²) in [5.41, 5.74) is 2.27. The van der Waals surface area contributed by atoms with E-state index in [4.69, 9.17) is 0 Å². The third kappa shape index (κ3) is 5.13. The topological polar surface area (TPSA) is 107 Å². The van der Waals surface area contributed by atoms with E-state index < -0.39 is 12.2 Å². The van der Waals surface area contributed by atoms with Gasteiger partial charge in [0, 0.05) is 18.4 Å². The molecule has 1 aromatic carbocycles. The second-order valence-corrected chi connectivity index (χ2v) is 7.50. The van der Waals surface area contributed by atoms with Gasteiger partial charge in [0.2, 0.25) is 5.95 Å². The van der Waals surface area contributed by atoms with Crippen LogP contribution >= 0.6 is 11.3 Å². The fraction of sp³-hybridized carbons (Fsp3) is 0.250. The smallest absolute Gasteiger partial charge is 0.261 e. The normalized spacial score (nSPS) is 13.0. The second-order valence-electron chi connectivity index (χ2n) is 6.41. The molecule has 4 N–H and O–H groups in total. The number of amides is 1. The van der Waals surface area contributed by atoms with Gasteiger partial charge in [-0.1, -0.05) is 12.1 Å². The van der Waals surface area contributed by atoms with Crippen LogP contribution in [0.5, 0.6) is 0 Å². The molecule has 2 aromatic heterocycles. The average Bonchev–Trinajstić information content (AvgIpc) is 3.17. The van der Waals surface area contributed by atoms with Crippen LogP contribution < -0.4 is 10.6 Å². The van der Waals surface area contributed by atoms with Gasteiger partial charge in [-0.2, -0.15) is 0 Å². The quantitative estimate of drug-likeness (QED) is 0.487. The molecule has 0 fully saturated rings. The van der Waals surface area contributed by atoms with Crippen LogP contribution in [0.3, 0.4) is 0 Å². The number of nitrogens with one attached hydrogen (secondary N) is 2. The van der Waals surface area contributed by atoms with Gasteiger partial charge in [-0.15, -0.1) is 11.3 Å². The largest absolute Gasteiger partial charge is 0.392 e. The molecule has 0 spiro atoms. The van der Waals surface area contributed by atoms with Gasteiger partial charge >= 0.3 is 0 Å². The number of aromatic nitrogens is 2. The molecule has 146 valence electrons. The molecular weight excluding hydrogens is 376 g/mol. The third-order valence-corrected chi connectivity index (χ3v) is 5.03. The van der Waals surface area contributed by atoms with Crippen LogP contribution in [-0.2, 0) is 0 Å². The van der Waals surface area contributed by atoms with E-state index in [2.05, 4.69) is 20.6 Å². The summed E-state index contributed by atoms with van der Waals surface area (Å²) in [6.45, 7) is 3.54. The summed E-state index contributed by atoms with van der Waals surface area (Å²) < 4.78 is 0. The summed E-state index contributed by atoms with van der Waals surface area (Å²) in [6.07, 6.45) is 0.500. The number of thiophene rings is 1. The molecule has 0 aliphatic heterocycles. The van der Waals surface area contributed by atoms with Gasteiger partial charge in [0.1, 0.15) is 0 Å². The number of benzene rings is 1. The molecule has 0 aliphatic carbocycles. The van der Waals surface area contributed by atoms with Crippen molar-refractivity contribution in [2.24, 2.45) is 0 Å². The molecule has 2 heterocycles. The lowest BCUT2D eigenvalue weighted by molar-refractivity contribution is 0.0928. The lowest BCUT2D eigenvalue weighted by Crippen LogP contribution is -2.29. The van der Waals surface area contributed by atoms with Crippen molar-refractivity contribution in [3.63, 3.8) is 0 Å². The van der Waals surface area contributed by atoms with E-state index >= 15 is 0 Å². The molecule has 1 amide bonds. The zero-order valence-corrected chi connectivity index (χ0v) is 16.4. The summed E-state index contributed by atoms with van der Waals surface area (Å²) in [5.74, 6) is 0.202. The molecule has 0 bridgehead atoms. The highest BCUT2D eigenvalue weighted by Gasteiger charge is 2.12. The van der Waals surface area contributed by atoms with Crippen LogP contribution in [0.1, 0.15) is 35.2 Å². The number of aliphatic hydroxyl groups is 2. The molecular formula is C20H22N4O3S. The molecule has 7 nitrogen and oxygen atoms in total. The lowest BCUT2D eigenvalue weighted by atomic mass is 10.1. The lowest BCUT2D eigenvalue weighted by Gasteiger charge is -2.09. The first-order valence-corrected chi connectivity index (χ1v) is 9.68. The third-order valence-electron chi connectivity index (χ3n) is 3.92. The van der Waals surface area contributed by atoms with Gasteiger partial charge in [0.15, 0.2) is 0 Å². The first-order chi connectivity index (χ1) is 13.4. The maximum Gasteiger partial charge on any atom is 0.261 e. The number of rotatable bonds is 7. The number of carbonyl (C=O) groups is 1. The van der Waals surface area contributed by atoms with Crippen molar-refractivity contribution in [1.82, 2.24) is 15.3 Å². The van der Waals surface area contributed by atoms with Gasteiger partial charge in [-0.3, -0.25) is 4.79 Å². The summed E-state index contributed by atoms with van der Waals surface area (Å²) in [4.78, 5) is 22.3. The van der Waals surface area contributed by atoms with E-state index in [0.717, 1.165) is 16.1 Å². The van der Waals surface area contributed by atoms with E-state index in [1.165, 1.54) is 11.3 Å². The van der Waals surface area contributed by atoms with Crippen LogP contribution in [0.2, 0.25) is 0 Å². The van der Waals surface area contributed by atoms with Crippen molar-refractivity contribution in [3.05, 3.63) is 59.1 Å². The number of nitrogens with zero attached hydrogens (tertiary/aromatic N) is 2. The zero-order chi connectivity index (χ0) is 20.1. The molecule has 2 unspecified atom stereocenters. The van der Waals surface area contributed by atoms with Gasteiger partial charge < -0.3 is 20.8 Å². The van der Waals surface area contributed by atoms with Crippen LogP contribution in [0.4, 0.5) is 11.6 Å². The highest BCUT2D eigenvalue weighted by molar-refractivity contribution is 7.17. The molecule has 8 heteroatoms. The molecule has 3 aromatic rings. The number of hydrogen-bond acceptors (Lipinski definition) is 7. The Bertz CT molecular complexity index is 956. The number of aliphatic hydroxyl groups excluding tert-OH is 2. The fourth-order valence-corrected chi connectivity index (χ4v) is 3.38. The van der Waals surface area contributed by atoms with Crippen LogP contribution in [-0.4, -0.2) is 38.7 Å². The Balaban J connectivity index is 1.75. The van der Waals surface area contributed by atoms with Gasteiger partial charge in [-0.05, 0) is 49.7 Å². The van der Waals surface area contributed by atoms with Crippen molar-refractivity contribution in [1.29, 1.82) is 0 Å². The van der Waals surface area contributed by atoms with Gasteiger partial charge in [0.05, 0.1) is 27.7 Å². The summed E-state index contributed by atoms with van der Waals surface area (Å²) in [5, 5.41) is 24.8. The first kappa shape index (κ1) is 19.9. The SMILES string of the molecule is CC(O)CNC(=O)c1ccc(-c2ccnc(Nc3cccc(C(C)O)c3)n2)s1. The molecule has 2 atom stereocenters. The van der Waals surface area contributed by atoms with Crippen molar-refractivity contribution in [2.45, 2.75) is 26.1 Å². The van der Waals surface area contributed by atoms with Crippen molar-refractivity contribution >= 4 is 28.9 Å². The molecule has 3 rings (SSSR count). The predicted octanol–water partition coefficient (Wildman–Crippen LogP) is 3.11. The predicted molar refractivity (Wildman–Crippen MR) is 110 cm³/mol. The Morgan fingerprint density at radius 1 is 1.18 bits per heavy atom. The minimum Gasteiger partial charge on any atom is -0.392 e. The Labute approximate surface area is 167 Å². The number of anilines is 2.